The van der Waals surface area contributed by atoms with Crippen LogP contribution in [-0.4, -0.2) is 23.8 Å². The van der Waals surface area contributed by atoms with Gasteiger partial charge in [-0.1, -0.05) is 12.1 Å². The molecule has 1 heterocycles. The number of aromatic nitrogens is 2. The van der Waals surface area contributed by atoms with Gasteiger partial charge in [0.25, 0.3) is 0 Å². The number of benzene rings is 1. The Kier molecular flexibility index (Phi) is 3.31. The van der Waals surface area contributed by atoms with E-state index < -0.39 is 0 Å². The van der Waals surface area contributed by atoms with Gasteiger partial charge in [0, 0.05) is 24.2 Å². The summed E-state index contributed by atoms with van der Waals surface area (Å²) in [5, 5.41) is 10.0. The molecule has 0 aliphatic carbocycles. The molecular formula is C12H14FN3. The number of nitrogens with one attached hydrogen (secondary N) is 2. The first-order chi connectivity index (χ1) is 7.81. The van der Waals surface area contributed by atoms with Gasteiger partial charge in [0.05, 0.1) is 6.20 Å². The summed E-state index contributed by atoms with van der Waals surface area (Å²) in [6.07, 6.45) is 2.59. The van der Waals surface area contributed by atoms with Gasteiger partial charge < -0.3 is 5.32 Å². The van der Waals surface area contributed by atoms with Crippen LogP contribution in [0.4, 0.5) is 4.39 Å². The number of aromatic amines is 1. The van der Waals surface area contributed by atoms with Crippen LogP contribution in [0.15, 0.2) is 30.5 Å². The van der Waals surface area contributed by atoms with Gasteiger partial charge >= 0.3 is 0 Å². The quantitative estimate of drug-likeness (QED) is 0.825. The number of hydrogen-bond acceptors (Lipinski definition) is 2. The molecule has 0 bridgehead atoms. The zero-order valence-corrected chi connectivity index (χ0v) is 9.13. The van der Waals surface area contributed by atoms with Gasteiger partial charge in [-0.15, -0.1) is 0 Å². The second-order valence-corrected chi connectivity index (χ2v) is 3.63. The molecule has 0 radical (unpaired) electrons. The van der Waals surface area contributed by atoms with Gasteiger partial charge in [0.2, 0.25) is 0 Å². The van der Waals surface area contributed by atoms with E-state index in [1.165, 1.54) is 12.1 Å². The zero-order chi connectivity index (χ0) is 11.4. The van der Waals surface area contributed by atoms with E-state index >= 15 is 0 Å². The summed E-state index contributed by atoms with van der Waals surface area (Å²) in [5.74, 6) is -0.224. The summed E-state index contributed by atoms with van der Waals surface area (Å²) in [4.78, 5) is 0. The van der Waals surface area contributed by atoms with Crippen LogP contribution in [-0.2, 0) is 6.42 Å². The Morgan fingerprint density at radius 3 is 3.06 bits per heavy atom. The predicted molar refractivity (Wildman–Crippen MR) is 61.6 cm³/mol. The van der Waals surface area contributed by atoms with Crippen LogP contribution >= 0.6 is 0 Å². The molecule has 16 heavy (non-hydrogen) atoms. The van der Waals surface area contributed by atoms with Crippen molar-refractivity contribution < 1.29 is 4.39 Å². The maximum absolute atomic E-state index is 13.1. The normalized spacial score (nSPS) is 10.6. The lowest BCUT2D eigenvalue weighted by Gasteiger charge is -2.03. The number of rotatable bonds is 4. The number of nitrogens with zero attached hydrogens (tertiary/aromatic N) is 1. The molecule has 0 aliphatic rings. The zero-order valence-electron chi connectivity index (χ0n) is 9.13. The molecule has 2 N–H and O–H groups in total. The molecule has 2 rings (SSSR count). The standard InChI is InChI=1S/C12H14FN3/c1-14-6-5-12-11(8-15-16-12)9-3-2-4-10(13)7-9/h2-4,7-8,14H,5-6H2,1H3,(H,15,16). The number of H-pyrrole nitrogens is 1. The van der Waals surface area contributed by atoms with Crippen LogP contribution in [0.25, 0.3) is 11.1 Å². The molecule has 0 spiro atoms. The first-order valence-corrected chi connectivity index (χ1v) is 5.24. The molecular weight excluding hydrogens is 205 g/mol. The van der Waals surface area contributed by atoms with Crippen LogP contribution in [0.2, 0.25) is 0 Å². The lowest BCUT2D eigenvalue weighted by Crippen LogP contribution is -2.11. The molecule has 2 aromatic rings. The van der Waals surface area contributed by atoms with E-state index in [-0.39, 0.29) is 5.82 Å². The van der Waals surface area contributed by atoms with Crippen molar-refractivity contribution in [3.63, 3.8) is 0 Å². The largest absolute Gasteiger partial charge is 0.319 e. The smallest absolute Gasteiger partial charge is 0.123 e. The van der Waals surface area contributed by atoms with Crippen LogP contribution < -0.4 is 5.32 Å². The molecule has 1 aromatic carbocycles. The Labute approximate surface area is 93.7 Å². The topological polar surface area (TPSA) is 40.7 Å². The van der Waals surface area contributed by atoms with Gasteiger partial charge in [0.15, 0.2) is 0 Å². The summed E-state index contributed by atoms with van der Waals surface area (Å²) < 4.78 is 13.1. The highest BCUT2D eigenvalue weighted by atomic mass is 19.1. The van der Waals surface area contributed by atoms with E-state index in [4.69, 9.17) is 0 Å². The average molecular weight is 219 g/mol. The number of likely N-dealkylation sites (N-methyl/N-ethyl adjacent to an activating group) is 1. The Balaban J connectivity index is 2.29. The van der Waals surface area contributed by atoms with Crippen molar-refractivity contribution in [2.45, 2.75) is 6.42 Å². The van der Waals surface area contributed by atoms with Crippen molar-refractivity contribution in [1.82, 2.24) is 15.5 Å². The lowest BCUT2D eigenvalue weighted by atomic mass is 10.1. The van der Waals surface area contributed by atoms with E-state index in [2.05, 4.69) is 15.5 Å². The highest BCUT2D eigenvalue weighted by Gasteiger charge is 2.07. The summed E-state index contributed by atoms with van der Waals surface area (Å²) in [6, 6.07) is 6.56. The SMILES string of the molecule is CNCCc1[nH]ncc1-c1cccc(F)c1. The molecule has 0 saturated carbocycles. The van der Waals surface area contributed by atoms with E-state index in [0.29, 0.717) is 0 Å². The first kappa shape index (κ1) is 10.8. The Bertz CT molecular complexity index is 465. The van der Waals surface area contributed by atoms with Gasteiger partial charge in [-0.2, -0.15) is 5.10 Å². The molecule has 0 aliphatic heterocycles. The van der Waals surface area contributed by atoms with E-state index in [9.17, 15) is 4.39 Å². The van der Waals surface area contributed by atoms with Crippen molar-refractivity contribution in [3.8, 4) is 11.1 Å². The fraction of sp³-hybridized carbons (Fsp3) is 0.250. The lowest BCUT2D eigenvalue weighted by molar-refractivity contribution is 0.628. The van der Waals surface area contributed by atoms with Crippen molar-refractivity contribution in [2.75, 3.05) is 13.6 Å². The average Bonchev–Trinajstić information content (AvgIpc) is 2.74. The van der Waals surface area contributed by atoms with Crippen molar-refractivity contribution in [3.05, 3.63) is 42.0 Å². The monoisotopic (exact) mass is 219 g/mol. The highest BCUT2D eigenvalue weighted by Crippen LogP contribution is 2.22. The van der Waals surface area contributed by atoms with Crippen LogP contribution in [0.1, 0.15) is 5.69 Å². The Morgan fingerprint density at radius 2 is 2.31 bits per heavy atom. The van der Waals surface area contributed by atoms with E-state index in [0.717, 1.165) is 29.8 Å². The second kappa shape index (κ2) is 4.90. The minimum atomic E-state index is -0.224. The van der Waals surface area contributed by atoms with Gasteiger partial charge in [-0.05, 0) is 24.7 Å². The molecule has 0 fully saturated rings. The second-order valence-electron chi connectivity index (χ2n) is 3.63. The maximum Gasteiger partial charge on any atom is 0.123 e. The molecule has 0 atom stereocenters. The first-order valence-electron chi connectivity index (χ1n) is 5.24. The van der Waals surface area contributed by atoms with Crippen molar-refractivity contribution in [2.24, 2.45) is 0 Å². The fourth-order valence-electron chi connectivity index (χ4n) is 1.66. The molecule has 0 amide bonds. The summed E-state index contributed by atoms with van der Waals surface area (Å²) in [6.45, 7) is 0.866. The third-order valence-corrected chi connectivity index (χ3v) is 2.48. The van der Waals surface area contributed by atoms with Crippen LogP contribution in [0.3, 0.4) is 0 Å². The predicted octanol–water partition coefficient (Wildman–Crippen LogP) is 1.98. The molecule has 0 unspecified atom stereocenters. The Hall–Kier alpha value is -1.68. The molecule has 0 saturated heterocycles. The number of halogens is 1. The van der Waals surface area contributed by atoms with Crippen LogP contribution in [0.5, 0.6) is 0 Å². The molecule has 4 heteroatoms. The third kappa shape index (κ3) is 2.28. The van der Waals surface area contributed by atoms with E-state index in [1.54, 1.807) is 12.3 Å². The third-order valence-electron chi connectivity index (χ3n) is 2.48. The Morgan fingerprint density at radius 1 is 1.44 bits per heavy atom. The number of hydrogen-bond donors (Lipinski definition) is 2. The van der Waals surface area contributed by atoms with Crippen molar-refractivity contribution in [1.29, 1.82) is 0 Å². The van der Waals surface area contributed by atoms with Crippen molar-refractivity contribution >= 4 is 0 Å². The molecule has 84 valence electrons. The molecule has 1 aromatic heterocycles. The minimum Gasteiger partial charge on any atom is -0.319 e. The van der Waals surface area contributed by atoms with Gasteiger partial charge in [-0.3, -0.25) is 5.10 Å². The molecule has 3 nitrogen and oxygen atoms in total. The summed E-state index contributed by atoms with van der Waals surface area (Å²) >= 11 is 0. The van der Waals surface area contributed by atoms with Gasteiger partial charge in [-0.25, -0.2) is 4.39 Å². The van der Waals surface area contributed by atoms with Crippen LogP contribution in [0, 0.1) is 5.82 Å². The van der Waals surface area contributed by atoms with E-state index in [1.807, 2.05) is 13.1 Å². The highest BCUT2D eigenvalue weighted by molar-refractivity contribution is 5.65. The maximum atomic E-state index is 13.1. The fourth-order valence-corrected chi connectivity index (χ4v) is 1.66. The van der Waals surface area contributed by atoms with Gasteiger partial charge in [0.1, 0.15) is 5.82 Å². The minimum absolute atomic E-state index is 0.224. The summed E-state index contributed by atoms with van der Waals surface area (Å²) in [5.41, 5.74) is 2.86. The summed E-state index contributed by atoms with van der Waals surface area (Å²) in [7, 11) is 1.90.